The normalized spacial score (nSPS) is 28.8. The van der Waals surface area contributed by atoms with E-state index >= 15 is 0 Å². The first-order valence-electron chi connectivity index (χ1n) is 5.43. The van der Waals surface area contributed by atoms with Gasteiger partial charge in [0.2, 0.25) is 5.91 Å². The van der Waals surface area contributed by atoms with Crippen LogP contribution >= 0.6 is 0 Å². The molecule has 0 bridgehead atoms. The number of nitrogens with one attached hydrogen (secondary N) is 1. The lowest BCUT2D eigenvalue weighted by atomic mass is 10.1. The van der Waals surface area contributed by atoms with Gasteiger partial charge in [-0.05, 0) is 33.2 Å². The van der Waals surface area contributed by atoms with Crippen molar-refractivity contribution in [3.8, 4) is 0 Å². The van der Waals surface area contributed by atoms with Crippen molar-refractivity contribution < 1.29 is 9.59 Å². The minimum absolute atomic E-state index is 0.00273. The Kier molecular flexibility index (Phi) is 3.85. The Labute approximate surface area is 91.0 Å². The van der Waals surface area contributed by atoms with E-state index in [9.17, 15) is 9.59 Å². The quantitative estimate of drug-likeness (QED) is 0.737. The van der Waals surface area contributed by atoms with Crippen molar-refractivity contribution in [3.63, 3.8) is 0 Å². The van der Waals surface area contributed by atoms with Crippen LogP contribution in [0.15, 0.2) is 0 Å². The predicted octanol–water partition coefficient (Wildman–Crippen LogP) is 0.420. The van der Waals surface area contributed by atoms with Crippen LogP contribution in [0, 0.1) is 5.92 Å². The van der Waals surface area contributed by atoms with E-state index in [1.807, 2.05) is 11.9 Å². The van der Waals surface area contributed by atoms with Gasteiger partial charge in [0.15, 0.2) is 5.78 Å². The minimum atomic E-state index is -0.373. The number of likely N-dealkylation sites (N-methyl/N-ethyl adjacent to an activating group) is 1. The Bertz CT molecular complexity index is 265. The molecule has 0 aromatic rings. The number of ketones is 1. The molecule has 1 amide bonds. The van der Waals surface area contributed by atoms with Crippen LogP contribution in [0.2, 0.25) is 0 Å². The summed E-state index contributed by atoms with van der Waals surface area (Å²) in [7, 11) is 1.95. The second kappa shape index (κ2) is 4.75. The largest absolute Gasteiger partial charge is 0.345 e. The maximum absolute atomic E-state index is 11.8. The summed E-state index contributed by atoms with van der Waals surface area (Å²) in [5, 5.41) is 2.74. The predicted molar refractivity (Wildman–Crippen MR) is 58.5 cm³/mol. The van der Waals surface area contributed by atoms with Crippen molar-refractivity contribution in [2.24, 2.45) is 5.92 Å². The molecule has 4 heteroatoms. The number of nitrogens with zero attached hydrogens (tertiary/aromatic N) is 1. The number of hydrogen-bond acceptors (Lipinski definition) is 3. The highest BCUT2D eigenvalue weighted by Crippen LogP contribution is 2.20. The molecule has 1 saturated heterocycles. The topological polar surface area (TPSA) is 49.4 Å². The molecule has 3 atom stereocenters. The van der Waals surface area contributed by atoms with E-state index in [0.29, 0.717) is 5.92 Å². The van der Waals surface area contributed by atoms with Crippen molar-refractivity contribution >= 4 is 11.7 Å². The lowest BCUT2D eigenvalue weighted by molar-refractivity contribution is -0.129. The standard InChI is InChI=1S/C11H20N2O2/c1-7-5-10(13(4)6-7)11(15)12-8(2)9(3)14/h7-8,10H,5-6H2,1-4H3,(H,12,15). The second-order valence-electron chi connectivity index (χ2n) is 4.64. The average molecular weight is 212 g/mol. The highest BCUT2D eigenvalue weighted by atomic mass is 16.2. The number of likely N-dealkylation sites (tertiary alicyclic amines) is 1. The Balaban J connectivity index is 2.50. The molecular formula is C11H20N2O2. The molecule has 1 rings (SSSR count). The minimum Gasteiger partial charge on any atom is -0.345 e. The van der Waals surface area contributed by atoms with Crippen LogP contribution in [0.4, 0.5) is 0 Å². The van der Waals surface area contributed by atoms with Crippen molar-refractivity contribution in [1.29, 1.82) is 0 Å². The maximum Gasteiger partial charge on any atom is 0.237 e. The van der Waals surface area contributed by atoms with Gasteiger partial charge in [-0.1, -0.05) is 6.92 Å². The Hall–Kier alpha value is -0.900. The van der Waals surface area contributed by atoms with Crippen LogP contribution in [0.1, 0.15) is 27.2 Å². The number of Topliss-reactive ketones (excluding diaryl/α,β-unsaturated/α-hetero) is 1. The van der Waals surface area contributed by atoms with Crippen LogP contribution in [0.3, 0.4) is 0 Å². The fourth-order valence-electron chi connectivity index (χ4n) is 1.97. The molecule has 86 valence electrons. The first-order chi connectivity index (χ1) is 6.91. The third-order valence-electron chi connectivity index (χ3n) is 3.03. The molecule has 0 aromatic carbocycles. The number of hydrogen-bond donors (Lipinski definition) is 1. The van der Waals surface area contributed by atoms with Gasteiger partial charge in [0.05, 0.1) is 12.1 Å². The molecule has 1 heterocycles. The Morgan fingerprint density at radius 3 is 2.47 bits per heavy atom. The van der Waals surface area contributed by atoms with Gasteiger partial charge in [0.1, 0.15) is 0 Å². The van der Waals surface area contributed by atoms with Crippen molar-refractivity contribution in [2.45, 2.75) is 39.3 Å². The van der Waals surface area contributed by atoms with Crippen LogP contribution < -0.4 is 5.32 Å². The molecule has 0 aliphatic carbocycles. The van der Waals surface area contributed by atoms with Gasteiger partial charge in [-0.15, -0.1) is 0 Å². The molecule has 0 radical (unpaired) electrons. The summed E-state index contributed by atoms with van der Waals surface area (Å²) < 4.78 is 0. The summed E-state index contributed by atoms with van der Waals surface area (Å²) in [5.74, 6) is 0.528. The average Bonchev–Trinajstić information content (AvgIpc) is 2.44. The van der Waals surface area contributed by atoms with Crippen molar-refractivity contribution in [2.75, 3.05) is 13.6 Å². The number of amides is 1. The Morgan fingerprint density at radius 2 is 2.07 bits per heavy atom. The van der Waals surface area contributed by atoms with Gasteiger partial charge in [0, 0.05) is 6.54 Å². The van der Waals surface area contributed by atoms with Crippen LogP contribution in [0.25, 0.3) is 0 Å². The molecule has 0 aromatic heterocycles. The fourth-order valence-corrected chi connectivity index (χ4v) is 1.97. The van der Waals surface area contributed by atoms with Gasteiger partial charge in [-0.3, -0.25) is 14.5 Å². The highest BCUT2D eigenvalue weighted by Gasteiger charge is 2.32. The molecule has 0 spiro atoms. The van der Waals surface area contributed by atoms with Gasteiger partial charge in [0.25, 0.3) is 0 Å². The third-order valence-corrected chi connectivity index (χ3v) is 3.03. The molecule has 1 aliphatic rings. The first kappa shape index (κ1) is 12.2. The smallest absolute Gasteiger partial charge is 0.237 e. The van der Waals surface area contributed by atoms with Crippen LogP contribution in [0.5, 0.6) is 0 Å². The molecule has 1 aliphatic heterocycles. The molecule has 4 nitrogen and oxygen atoms in total. The zero-order valence-corrected chi connectivity index (χ0v) is 9.91. The van der Waals surface area contributed by atoms with Gasteiger partial charge in [-0.25, -0.2) is 0 Å². The van der Waals surface area contributed by atoms with E-state index < -0.39 is 0 Å². The van der Waals surface area contributed by atoms with Crippen molar-refractivity contribution in [1.82, 2.24) is 10.2 Å². The summed E-state index contributed by atoms with van der Waals surface area (Å²) in [5.41, 5.74) is 0. The first-order valence-corrected chi connectivity index (χ1v) is 5.43. The molecule has 1 fully saturated rings. The molecule has 15 heavy (non-hydrogen) atoms. The van der Waals surface area contributed by atoms with Crippen LogP contribution in [-0.4, -0.2) is 42.3 Å². The molecule has 1 N–H and O–H groups in total. The SMILES string of the molecule is CC(=O)C(C)NC(=O)C1CC(C)CN1C. The number of carbonyl (C=O) groups excluding carboxylic acids is 2. The van der Waals surface area contributed by atoms with Crippen molar-refractivity contribution in [3.05, 3.63) is 0 Å². The van der Waals surface area contributed by atoms with Gasteiger partial charge >= 0.3 is 0 Å². The summed E-state index contributed by atoms with van der Waals surface area (Å²) in [6, 6.07) is -0.441. The third kappa shape index (κ3) is 3.02. The lowest BCUT2D eigenvalue weighted by Crippen LogP contribution is -2.46. The summed E-state index contributed by atoms with van der Waals surface area (Å²) in [6.45, 7) is 6.30. The second-order valence-corrected chi connectivity index (χ2v) is 4.64. The van der Waals surface area contributed by atoms with Gasteiger partial charge < -0.3 is 5.32 Å². The van der Waals surface area contributed by atoms with E-state index in [4.69, 9.17) is 0 Å². The number of rotatable bonds is 3. The van der Waals surface area contributed by atoms with E-state index in [1.54, 1.807) is 6.92 Å². The summed E-state index contributed by atoms with van der Waals surface area (Å²) >= 11 is 0. The van der Waals surface area contributed by atoms with Gasteiger partial charge in [-0.2, -0.15) is 0 Å². The summed E-state index contributed by atoms with van der Waals surface area (Å²) in [4.78, 5) is 24.9. The molecule has 3 unspecified atom stereocenters. The maximum atomic E-state index is 11.8. The van der Waals surface area contributed by atoms with E-state index in [0.717, 1.165) is 13.0 Å². The van der Waals surface area contributed by atoms with Crippen LogP contribution in [-0.2, 0) is 9.59 Å². The lowest BCUT2D eigenvalue weighted by Gasteiger charge is -2.20. The van der Waals surface area contributed by atoms with E-state index in [2.05, 4.69) is 12.2 Å². The summed E-state index contributed by atoms with van der Waals surface area (Å²) in [6.07, 6.45) is 0.882. The number of carbonyl (C=O) groups is 2. The monoisotopic (exact) mass is 212 g/mol. The molecular weight excluding hydrogens is 192 g/mol. The zero-order valence-electron chi connectivity index (χ0n) is 9.91. The molecule has 0 saturated carbocycles. The Morgan fingerprint density at radius 1 is 1.47 bits per heavy atom. The fraction of sp³-hybridized carbons (Fsp3) is 0.818. The van der Waals surface area contributed by atoms with E-state index in [-0.39, 0.29) is 23.8 Å². The van der Waals surface area contributed by atoms with E-state index in [1.165, 1.54) is 6.92 Å². The zero-order chi connectivity index (χ0) is 11.6. The highest BCUT2D eigenvalue weighted by molar-refractivity contribution is 5.89.